The predicted octanol–water partition coefficient (Wildman–Crippen LogP) is 4.93. The number of hydrogen-bond donors (Lipinski definition) is 0. The highest BCUT2D eigenvalue weighted by Crippen LogP contribution is 2.31. The van der Waals surface area contributed by atoms with Gasteiger partial charge in [0.2, 0.25) is 5.91 Å². The topological polar surface area (TPSA) is 70.2 Å². The highest BCUT2D eigenvalue weighted by Gasteiger charge is 2.44. The molecule has 3 aliphatic heterocycles. The van der Waals surface area contributed by atoms with Gasteiger partial charge in [0.15, 0.2) is 0 Å². The van der Waals surface area contributed by atoms with Crippen molar-refractivity contribution in [3.63, 3.8) is 0 Å². The first-order valence-corrected chi connectivity index (χ1v) is 14.6. The van der Waals surface area contributed by atoms with Crippen LogP contribution >= 0.6 is 22.9 Å². The maximum absolute atomic E-state index is 13.9. The fourth-order valence-corrected chi connectivity index (χ4v) is 6.78. The molecule has 38 heavy (non-hydrogen) atoms. The lowest BCUT2D eigenvalue weighted by Gasteiger charge is -2.35. The Morgan fingerprint density at radius 1 is 1.05 bits per heavy atom. The van der Waals surface area contributed by atoms with E-state index >= 15 is 0 Å². The molecule has 8 heteroatoms. The van der Waals surface area contributed by atoms with Crippen LogP contribution in [0.15, 0.2) is 48.5 Å². The molecule has 3 amide bonds. The number of hydrogen-bond acceptors (Lipinski definition) is 4. The van der Waals surface area contributed by atoms with Crippen molar-refractivity contribution in [1.29, 1.82) is 0 Å². The van der Waals surface area contributed by atoms with Gasteiger partial charge in [0.25, 0.3) is 11.8 Å². The Kier molecular flexibility index (Phi) is 8.38. The van der Waals surface area contributed by atoms with Gasteiger partial charge >= 0.3 is 0 Å². The third kappa shape index (κ3) is 5.47. The van der Waals surface area contributed by atoms with Gasteiger partial charge in [-0.15, -0.1) is 0 Å². The van der Waals surface area contributed by atoms with Crippen LogP contribution in [0.3, 0.4) is 0 Å². The molecule has 0 aliphatic carbocycles. The number of halogens is 1. The molecule has 1 unspecified atom stereocenters. The highest BCUT2D eigenvalue weighted by molar-refractivity contribution is 14.1. The average molecular weight is 630 g/mol. The molecule has 0 bridgehead atoms. The van der Waals surface area contributed by atoms with Crippen LogP contribution in [0.1, 0.15) is 72.5 Å². The van der Waals surface area contributed by atoms with Crippen molar-refractivity contribution >= 4 is 40.6 Å². The molecule has 0 N–H and O–H groups in total. The number of amides is 3. The third-order valence-electron chi connectivity index (χ3n) is 8.12. The lowest BCUT2D eigenvalue weighted by atomic mass is 9.91. The summed E-state index contributed by atoms with van der Waals surface area (Å²) >= 11 is 2.08. The summed E-state index contributed by atoms with van der Waals surface area (Å²) in [4.78, 5) is 44.1. The fourth-order valence-electron chi connectivity index (χ4n) is 6.06. The van der Waals surface area contributed by atoms with Crippen LogP contribution in [-0.2, 0) is 27.4 Å². The van der Waals surface area contributed by atoms with E-state index in [-0.39, 0.29) is 23.6 Å². The van der Waals surface area contributed by atoms with Crippen molar-refractivity contribution in [2.75, 3.05) is 19.8 Å². The van der Waals surface area contributed by atoms with Gasteiger partial charge in [-0.2, -0.15) is 0 Å². The van der Waals surface area contributed by atoms with Crippen LogP contribution in [-0.4, -0.2) is 62.5 Å². The minimum atomic E-state index is -0.594. The van der Waals surface area contributed by atoms with Crippen LogP contribution in [0.25, 0.3) is 0 Å². The van der Waals surface area contributed by atoms with Crippen molar-refractivity contribution in [3.05, 3.63) is 70.8 Å². The molecule has 2 fully saturated rings. The summed E-state index contributed by atoms with van der Waals surface area (Å²) in [6.45, 7) is 7.03. The Hall–Kier alpha value is -2.46. The summed E-state index contributed by atoms with van der Waals surface area (Å²) in [7, 11) is 0. The molecule has 0 saturated carbocycles. The largest absolute Gasteiger partial charge is 0.381 e. The molecule has 2 atom stereocenters. The van der Waals surface area contributed by atoms with Crippen LogP contribution in [0.4, 0.5) is 0 Å². The van der Waals surface area contributed by atoms with Crippen molar-refractivity contribution in [2.45, 2.75) is 70.6 Å². The second-order valence-electron chi connectivity index (χ2n) is 11.0. The summed E-state index contributed by atoms with van der Waals surface area (Å²) < 4.78 is 7.19. The van der Waals surface area contributed by atoms with E-state index < -0.39 is 12.1 Å². The number of nitrogens with zero attached hydrogens (tertiary/aromatic N) is 3. The van der Waals surface area contributed by atoms with Gasteiger partial charge in [0, 0.05) is 31.9 Å². The number of carbonyl (C=O) groups is 3. The average Bonchev–Trinajstić information content (AvgIpc) is 3.54. The van der Waals surface area contributed by atoms with Crippen molar-refractivity contribution in [3.8, 4) is 0 Å². The van der Waals surface area contributed by atoms with Crippen molar-refractivity contribution in [1.82, 2.24) is 12.9 Å². The maximum atomic E-state index is 13.9. The van der Waals surface area contributed by atoms with E-state index in [0.29, 0.717) is 37.5 Å². The molecule has 2 aromatic carbocycles. The van der Waals surface area contributed by atoms with E-state index in [1.807, 2.05) is 38.1 Å². The van der Waals surface area contributed by atoms with E-state index in [1.54, 1.807) is 12.9 Å². The second-order valence-corrected chi connectivity index (χ2v) is 12.1. The van der Waals surface area contributed by atoms with Crippen molar-refractivity contribution in [2.24, 2.45) is 5.92 Å². The molecular formula is C30H36IN3O4. The number of fused-ring (bicyclic) bond motifs is 1. The van der Waals surface area contributed by atoms with Crippen LogP contribution in [0.2, 0.25) is 0 Å². The molecule has 5 rings (SSSR count). The number of likely N-dealkylation sites (tertiary alicyclic amines) is 1. The molecule has 0 spiro atoms. The minimum absolute atomic E-state index is 0.0523. The number of ether oxygens (including phenoxy) is 1. The zero-order valence-electron chi connectivity index (χ0n) is 22.1. The molecule has 2 aromatic rings. The predicted molar refractivity (Wildman–Crippen MR) is 153 cm³/mol. The molecular weight excluding hydrogens is 593 g/mol. The molecule has 3 heterocycles. The minimum Gasteiger partial charge on any atom is -0.381 e. The van der Waals surface area contributed by atoms with Crippen molar-refractivity contribution < 1.29 is 19.1 Å². The standard InChI is InChI=1S/C30H36IN3O4/c1-20(2)27(33-19-24-6-3-4-7-25(24)28(33)35)30(37)32-15-5-8-26(32)29(36)34(31)18-21-9-11-22(12-10-21)23-13-16-38-17-14-23/h3-4,6-7,9-12,20,23,26-27H,5,8,13-19H2,1-2H3/t26-,27?/m0/s1. The first-order chi connectivity index (χ1) is 18.3. The van der Waals surface area contributed by atoms with Crippen LogP contribution < -0.4 is 0 Å². The maximum Gasteiger partial charge on any atom is 0.255 e. The van der Waals surface area contributed by atoms with Gasteiger partial charge in [-0.05, 0) is 60.3 Å². The van der Waals surface area contributed by atoms with Crippen LogP contribution in [0.5, 0.6) is 0 Å². The van der Waals surface area contributed by atoms with E-state index in [9.17, 15) is 14.4 Å². The quantitative estimate of drug-likeness (QED) is 0.322. The molecule has 0 aromatic heterocycles. The van der Waals surface area contributed by atoms with Gasteiger partial charge in [-0.25, -0.2) is 0 Å². The zero-order chi connectivity index (χ0) is 26.8. The van der Waals surface area contributed by atoms with E-state index in [1.165, 1.54) is 5.56 Å². The summed E-state index contributed by atoms with van der Waals surface area (Å²) in [5, 5.41) is 0. The zero-order valence-corrected chi connectivity index (χ0v) is 24.3. The first kappa shape index (κ1) is 27.1. The van der Waals surface area contributed by atoms with Crippen LogP contribution in [0, 0.1) is 5.92 Å². The van der Waals surface area contributed by atoms with Gasteiger partial charge in [-0.3, -0.25) is 17.5 Å². The Balaban J connectivity index is 1.25. The summed E-state index contributed by atoms with van der Waals surface area (Å²) in [5.41, 5.74) is 4.02. The van der Waals surface area contributed by atoms with E-state index in [2.05, 4.69) is 47.1 Å². The first-order valence-electron chi connectivity index (χ1n) is 13.7. The summed E-state index contributed by atoms with van der Waals surface area (Å²) in [5.74, 6) is 0.194. The molecule has 3 aliphatic rings. The SMILES string of the molecule is CC(C)C(C(=O)N1CCC[C@H]1C(=O)N(I)Cc1ccc(C2CCOCC2)cc1)N1Cc2ccccc2C1=O. The highest BCUT2D eigenvalue weighted by atomic mass is 127. The van der Waals surface area contributed by atoms with E-state index in [4.69, 9.17) is 4.74 Å². The lowest BCUT2D eigenvalue weighted by Crippen LogP contribution is -2.55. The van der Waals surface area contributed by atoms with E-state index in [0.717, 1.165) is 43.6 Å². The molecule has 202 valence electrons. The molecule has 7 nitrogen and oxygen atoms in total. The fraction of sp³-hybridized carbons (Fsp3) is 0.500. The lowest BCUT2D eigenvalue weighted by molar-refractivity contribution is -0.144. The second kappa shape index (κ2) is 11.7. The number of carbonyl (C=O) groups excluding carboxylic acids is 3. The van der Waals surface area contributed by atoms with Gasteiger partial charge in [0.05, 0.1) is 29.4 Å². The molecule has 0 radical (unpaired) electrons. The number of rotatable bonds is 7. The molecule has 2 saturated heterocycles. The van der Waals surface area contributed by atoms with Gasteiger partial charge < -0.3 is 14.5 Å². The monoisotopic (exact) mass is 629 g/mol. The Morgan fingerprint density at radius 3 is 2.45 bits per heavy atom. The Bertz CT molecular complexity index is 1180. The summed E-state index contributed by atoms with van der Waals surface area (Å²) in [6.07, 6.45) is 3.53. The third-order valence-corrected chi connectivity index (χ3v) is 8.94. The van der Waals surface area contributed by atoms with Gasteiger partial charge in [-0.1, -0.05) is 56.3 Å². The number of benzene rings is 2. The Labute approximate surface area is 239 Å². The normalized spacial score (nSPS) is 20.6. The van der Waals surface area contributed by atoms with Gasteiger partial charge in [0.1, 0.15) is 12.1 Å². The smallest absolute Gasteiger partial charge is 0.255 e. The summed E-state index contributed by atoms with van der Waals surface area (Å²) in [6, 6.07) is 15.0. The Morgan fingerprint density at radius 2 is 1.76 bits per heavy atom.